The largest absolute Gasteiger partial charge is 0.394 e. The van der Waals surface area contributed by atoms with Crippen LogP contribution in [-0.4, -0.2) is 57.2 Å². The fourth-order valence-electron chi connectivity index (χ4n) is 2.05. The molecule has 0 saturated carbocycles. The fourth-order valence-corrected chi connectivity index (χ4v) is 2.05. The van der Waals surface area contributed by atoms with Crippen LogP contribution in [0.5, 0.6) is 0 Å². The summed E-state index contributed by atoms with van der Waals surface area (Å²) in [4.78, 5) is 6.53. The highest BCUT2D eigenvalue weighted by atomic mass is 16.5. The van der Waals surface area contributed by atoms with E-state index in [2.05, 4.69) is 28.8 Å². The highest BCUT2D eigenvalue weighted by Crippen LogP contribution is 2.11. The van der Waals surface area contributed by atoms with Crippen LogP contribution in [0.15, 0.2) is 6.33 Å². The van der Waals surface area contributed by atoms with E-state index in [1.54, 1.807) is 6.33 Å². The van der Waals surface area contributed by atoms with Gasteiger partial charge in [-0.3, -0.25) is 4.90 Å². The summed E-state index contributed by atoms with van der Waals surface area (Å²) in [6, 6.07) is 0.321. The number of ether oxygens (including phenoxy) is 1. The molecular weight excluding hydrogens is 220 g/mol. The first kappa shape index (κ1) is 12.5. The van der Waals surface area contributed by atoms with Crippen molar-refractivity contribution in [1.82, 2.24) is 19.7 Å². The molecule has 0 amide bonds. The molecule has 1 aliphatic rings. The van der Waals surface area contributed by atoms with Gasteiger partial charge in [0.15, 0.2) is 0 Å². The molecule has 1 aromatic heterocycles. The average molecular weight is 240 g/mol. The molecule has 1 N–H and O–H groups in total. The van der Waals surface area contributed by atoms with Gasteiger partial charge in [-0.15, -0.1) is 0 Å². The van der Waals surface area contributed by atoms with E-state index in [0.29, 0.717) is 12.6 Å². The third-order valence-corrected chi connectivity index (χ3v) is 2.93. The molecular formula is C11H20N4O2. The number of aromatic nitrogens is 3. The molecule has 0 radical (unpaired) electrons. The summed E-state index contributed by atoms with van der Waals surface area (Å²) in [5.41, 5.74) is 0. The number of aliphatic hydroxyl groups excluding tert-OH is 1. The summed E-state index contributed by atoms with van der Waals surface area (Å²) in [6.07, 6.45) is 1.53. The molecule has 0 aromatic carbocycles. The van der Waals surface area contributed by atoms with Gasteiger partial charge in [-0.1, -0.05) is 0 Å². The number of hydrogen-bond donors (Lipinski definition) is 1. The Hall–Kier alpha value is -0.980. The van der Waals surface area contributed by atoms with Gasteiger partial charge in [0, 0.05) is 19.1 Å². The second kappa shape index (κ2) is 5.57. The molecule has 1 aromatic rings. The van der Waals surface area contributed by atoms with Crippen molar-refractivity contribution in [2.24, 2.45) is 0 Å². The first-order chi connectivity index (χ1) is 8.20. The molecule has 1 unspecified atom stereocenters. The molecule has 0 aliphatic carbocycles. The third-order valence-electron chi connectivity index (χ3n) is 2.93. The molecule has 17 heavy (non-hydrogen) atoms. The van der Waals surface area contributed by atoms with Crippen molar-refractivity contribution in [3.05, 3.63) is 12.2 Å². The third kappa shape index (κ3) is 3.02. The van der Waals surface area contributed by atoms with Gasteiger partial charge in [0.05, 0.1) is 25.9 Å². The average Bonchev–Trinajstić information content (AvgIpc) is 2.77. The van der Waals surface area contributed by atoms with Crippen molar-refractivity contribution in [3.8, 4) is 0 Å². The predicted molar refractivity (Wildman–Crippen MR) is 62.5 cm³/mol. The lowest BCUT2D eigenvalue weighted by molar-refractivity contribution is -0.0560. The highest BCUT2D eigenvalue weighted by Gasteiger charge is 2.21. The molecule has 6 nitrogen and oxygen atoms in total. The van der Waals surface area contributed by atoms with Crippen LogP contribution < -0.4 is 0 Å². The van der Waals surface area contributed by atoms with Gasteiger partial charge in [0.1, 0.15) is 12.2 Å². The normalized spacial score (nSPS) is 22.2. The maximum atomic E-state index is 9.09. The summed E-state index contributed by atoms with van der Waals surface area (Å²) >= 11 is 0. The van der Waals surface area contributed by atoms with Crippen molar-refractivity contribution < 1.29 is 9.84 Å². The second-order valence-corrected chi connectivity index (χ2v) is 4.63. The first-order valence-corrected chi connectivity index (χ1v) is 6.04. The Labute approximate surface area is 101 Å². The van der Waals surface area contributed by atoms with Crippen LogP contribution in [0.25, 0.3) is 0 Å². The molecule has 0 bridgehead atoms. The molecule has 1 fully saturated rings. The van der Waals surface area contributed by atoms with Crippen molar-refractivity contribution >= 4 is 0 Å². The van der Waals surface area contributed by atoms with Gasteiger partial charge < -0.3 is 9.84 Å². The van der Waals surface area contributed by atoms with Crippen LogP contribution in [0.1, 0.15) is 25.7 Å². The van der Waals surface area contributed by atoms with Crippen LogP contribution in [-0.2, 0) is 11.3 Å². The number of morpholine rings is 1. The minimum atomic E-state index is -0.0702. The quantitative estimate of drug-likeness (QED) is 0.806. The Balaban J connectivity index is 1.98. The zero-order valence-electron chi connectivity index (χ0n) is 10.4. The minimum Gasteiger partial charge on any atom is -0.394 e. The van der Waals surface area contributed by atoms with E-state index in [1.807, 2.05) is 4.68 Å². The Kier molecular flexibility index (Phi) is 4.09. The summed E-state index contributed by atoms with van der Waals surface area (Å²) in [6.45, 7) is 7.32. The molecule has 1 atom stereocenters. The van der Waals surface area contributed by atoms with E-state index in [9.17, 15) is 0 Å². The topological polar surface area (TPSA) is 63.4 Å². The lowest BCUT2D eigenvalue weighted by Gasteiger charge is -2.31. The summed E-state index contributed by atoms with van der Waals surface area (Å²) in [5, 5.41) is 13.3. The Morgan fingerprint density at radius 1 is 1.59 bits per heavy atom. The maximum absolute atomic E-state index is 9.09. The van der Waals surface area contributed by atoms with E-state index in [0.717, 1.165) is 25.5 Å². The summed E-state index contributed by atoms with van der Waals surface area (Å²) in [7, 11) is 0. The first-order valence-electron chi connectivity index (χ1n) is 6.04. The Morgan fingerprint density at radius 3 is 3.12 bits per heavy atom. The van der Waals surface area contributed by atoms with Gasteiger partial charge in [-0.2, -0.15) is 5.10 Å². The van der Waals surface area contributed by atoms with E-state index in [-0.39, 0.29) is 12.7 Å². The minimum absolute atomic E-state index is 0.0702. The maximum Gasteiger partial charge on any atom is 0.141 e. The predicted octanol–water partition coefficient (Wildman–Crippen LogP) is 0.0521. The molecule has 1 saturated heterocycles. The molecule has 2 rings (SSSR count). The summed E-state index contributed by atoms with van der Waals surface area (Å²) in [5.74, 6) is 0.971. The van der Waals surface area contributed by atoms with Crippen LogP contribution in [0.4, 0.5) is 0 Å². The van der Waals surface area contributed by atoms with Gasteiger partial charge in [-0.05, 0) is 13.8 Å². The SMILES string of the molecule is CC(C)n1ncnc1CN1CCOC(CO)C1. The zero-order valence-corrected chi connectivity index (χ0v) is 10.4. The smallest absolute Gasteiger partial charge is 0.141 e. The van der Waals surface area contributed by atoms with Crippen LogP contribution >= 0.6 is 0 Å². The van der Waals surface area contributed by atoms with Crippen molar-refractivity contribution in [2.75, 3.05) is 26.3 Å². The standard InChI is InChI=1S/C11H20N4O2/c1-9(2)15-11(12-8-13-15)6-14-3-4-17-10(5-14)7-16/h8-10,16H,3-7H2,1-2H3. The summed E-state index contributed by atoms with van der Waals surface area (Å²) < 4.78 is 7.35. The lowest BCUT2D eigenvalue weighted by Crippen LogP contribution is -2.43. The fraction of sp³-hybridized carbons (Fsp3) is 0.818. The van der Waals surface area contributed by atoms with Crippen molar-refractivity contribution in [1.29, 1.82) is 0 Å². The molecule has 6 heteroatoms. The van der Waals surface area contributed by atoms with E-state index in [1.165, 1.54) is 0 Å². The van der Waals surface area contributed by atoms with Gasteiger partial charge in [0.25, 0.3) is 0 Å². The molecule has 96 valence electrons. The van der Waals surface area contributed by atoms with Crippen LogP contribution in [0.3, 0.4) is 0 Å². The Bertz CT molecular complexity index is 353. The van der Waals surface area contributed by atoms with Crippen LogP contribution in [0.2, 0.25) is 0 Å². The zero-order chi connectivity index (χ0) is 12.3. The molecule has 2 heterocycles. The van der Waals surface area contributed by atoms with Gasteiger partial charge in [-0.25, -0.2) is 9.67 Å². The highest BCUT2D eigenvalue weighted by molar-refractivity contribution is 4.88. The lowest BCUT2D eigenvalue weighted by atomic mass is 10.3. The monoisotopic (exact) mass is 240 g/mol. The number of rotatable bonds is 4. The van der Waals surface area contributed by atoms with Gasteiger partial charge in [0.2, 0.25) is 0 Å². The molecule has 0 spiro atoms. The number of aliphatic hydroxyl groups is 1. The number of nitrogens with zero attached hydrogens (tertiary/aromatic N) is 4. The van der Waals surface area contributed by atoms with E-state index in [4.69, 9.17) is 9.84 Å². The Morgan fingerprint density at radius 2 is 2.41 bits per heavy atom. The van der Waals surface area contributed by atoms with E-state index >= 15 is 0 Å². The molecule has 1 aliphatic heterocycles. The van der Waals surface area contributed by atoms with E-state index < -0.39 is 0 Å². The van der Waals surface area contributed by atoms with Crippen molar-refractivity contribution in [3.63, 3.8) is 0 Å². The van der Waals surface area contributed by atoms with Crippen molar-refractivity contribution in [2.45, 2.75) is 32.5 Å². The van der Waals surface area contributed by atoms with Crippen LogP contribution in [0, 0.1) is 0 Å². The second-order valence-electron chi connectivity index (χ2n) is 4.63. The number of hydrogen-bond acceptors (Lipinski definition) is 5. The van der Waals surface area contributed by atoms with Gasteiger partial charge >= 0.3 is 0 Å².